The molecule has 3 nitrogen and oxygen atoms in total. The minimum Gasteiger partial charge on any atom is -0.489 e. The van der Waals surface area contributed by atoms with E-state index >= 15 is 0 Å². The Hall–Kier alpha value is -0.720. The first-order chi connectivity index (χ1) is 7.30. The molecule has 0 spiro atoms. The van der Waals surface area contributed by atoms with E-state index in [1.807, 2.05) is 13.8 Å². The van der Waals surface area contributed by atoms with Crippen molar-refractivity contribution in [2.75, 3.05) is 6.61 Å². The number of ether oxygens (including phenoxy) is 1. The van der Waals surface area contributed by atoms with Crippen LogP contribution in [0.1, 0.15) is 19.9 Å². The first-order valence-corrected chi connectivity index (χ1v) is 5.60. The molecule has 1 aromatic heterocycles. The maximum absolute atomic E-state index is 12.1. The van der Waals surface area contributed by atoms with Crippen molar-refractivity contribution in [1.29, 1.82) is 0 Å². The Kier molecular flexibility index (Phi) is 4.23. The van der Waals surface area contributed by atoms with E-state index in [1.165, 1.54) is 6.20 Å². The van der Waals surface area contributed by atoms with Crippen LogP contribution in [0.3, 0.4) is 0 Å². The highest BCUT2D eigenvalue weighted by Crippen LogP contribution is 2.27. The van der Waals surface area contributed by atoms with E-state index in [-0.39, 0.29) is 6.04 Å². The average molecular weight is 301 g/mol. The Morgan fingerprint density at radius 1 is 1.50 bits per heavy atom. The number of alkyl halides is 4. The Labute approximate surface area is 99.7 Å². The second kappa shape index (κ2) is 5.07. The van der Waals surface area contributed by atoms with Gasteiger partial charge in [-0.3, -0.25) is 4.68 Å². The van der Waals surface area contributed by atoms with Crippen LogP contribution in [0.15, 0.2) is 12.4 Å². The van der Waals surface area contributed by atoms with Crippen LogP contribution in [-0.4, -0.2) is 27.4 Å². The number of hydrogen-bond donors (Lipinski definition) is 0. The SMILES string of the molecule is CC(C)n1cc(OCC(Br)C(F)(F)F)cn1. The van der Waals surface area contributed by atoms with Crippen molar-refractivity contribution in [2.24, 2.45) is 0 Å². The summed E-state index contributed by atoms with van der Waals surface area (Å²) in [6.45, 7) is 3.37. The molecule has 0 aliphatic rings. The van der Waals surface area contributed by atoms with Gasteiger partial charge in [-0.15, -0.1) is 0 Å². The maximum Gasteiger partial charge on any atom is 0.404 e. The molecule has 92 valence electrons. The molecule has 1 heterocycles. The van der Waals surface area contributed by atoms with Crippen LogP contribution in [0.5, 0.6) is 5.75 Å². The van der Waals surface area contributed by atoms with Gasteiger partial charge in [-0.1, -0.05) is 15.9 Å². The predicted octanol–water partition coefficient (Wildman–Crippen LogP) is 3.17. The number of aromatic nitrogens is 2. The lowest BCUT2D eigenvalue weighted by Gasteiger charge is -2.13. The lowest BCUT2D eigenvalue weighted by molar-refractivity contribution is -0.132. The molecule has 0 fully saturated rings. The molecule has 16 heavy (non-hydrogen) atoms. The molecule has 1 aromatic rings. The van der Waals surface area contributed by atoms with Crippen LogP contribution < -0.4 is 4.74 Å². The Morgan fingerprint density at radius 3 is 2.56 bits per heavy atom. The number of halogens is 4. The van der Waals surface area contributed by atoms with Crippen molar-refractivity contribution in [3.63, 3.8) is 0 Å². The van der Waals surface area contributed by atoms with E-state index in [0.29, 0.717) is 5.75 Å². The van der Waals surface area contributed by atoms with Crippen molar-refractivity contribution in [3.8, 4) is 5.75 Å². The van der Waals surface area contributed by atoms with Crippen molar-refractivity contribution in [1.82, 2.24) is 9.78 Å². The molecule has 0 N–H and O–H groups in total. The zero-order valence-corrected chi connectivity index (χ0v) is 10.4. The van der Waals surface area contributed by atoms with Gasteiger partial charge in [0.2, 0.25) is 0 Å². The molecule has 0 aliphatic heterocycles. The van der Waals surface area contributed by atoms with Crippen molar-refractivity contribution in [3.05, 3.63) is 12.4 Å². The van der Waals surface area contributed by atoms with E-state index in [9.17, 15) is 13.2 Å². The molecule has 0 bridgehead atoms. The summed E-state index contributed by atoms with van der Waals surface area (Å²) >= 11 is 2.51. The quantitative estimate of drug-likeness (QED) is 0.799. The van der Waals surface area contributed by atoms with Crippen molar-refractivity contribution >= 4 is 15.9 Å². The van der Waals surface area contributed by atoms with Gasteiger partial charge < -0.3 is 4.74 Å². The van der Waals surface area contributed by atoms with E-state index < -0.39 is 17.6 Å². The number of nitrogens with zero attached hydrogens (tertiary/aromatic N) is 2. The Balaban J connectivity index is 2.49. The highest BCUT2D eigenvalue weighted by atomic mass is 79.9. The summed E-state index contributed by atoms with van der Waals surface area (Å²) < 4.78 is 43.0. The molecule has 1 atom stereocenters. The molecule has 0 saturated carbocycles. The molecular weight excluding hydrogens is 289 g/mol. The summed E-state index contributed by atoms with van der Waals surface area (Å²) in [6, 6.07) is 0.153. The van der Waals surface area contributed by atoms with Crippen LogP contribution >= 0.6 is 15.9 Å². The van der Waals surface area contributed by atoms with E-state index in [1.54, 1.807) is 10.9 Å². The topological polar surface area (TPSA) is 27.1 Å². The third kappa shape index (κ3) is 3.70. The molecule has 0 saturated heterocycles. The zero-order valence-electron chi connectivity index (χ0n) is 8.83. The summed E-state index contributed by atoms with van der Waals surface area (Å²) in [6.07, 6.45) is -1.33. The van der Waals surface area contributed by atoms with Crippen molar-refractivity contribution < 1.29 is 17.9 Å². The first-order valence-electron chi connectivity index (χ1n) is 4.68. The standard InChI is InChI=1S/C9H12BrF3N2O/c1-6(2)15-4-7(3-14-15)16-5-8(10)9(11,12)13/h3-4,6,8H,5H2,1-2H3. The lowest BCUT2D eigenvalue weighted by Crippen LogP contribution is -2.28. The van der Waals surface area contributed by atoms with Crippen molar-refractivity contribution in [2.45, 2.75) is 30.9 Å². The lowest BCUT2D eigenvalue weighted by atomic mass is 10.4. The summed E-state index contributed by atoms with van der Waals surface area (Å²) in [5.41, 5.74) is 0. The maximum atomic E-state index is 12.1. The van der Waals surface area contributed by atoms with E-state index in [0.717, 1.165) is 0 Å². The van der Waals surface area contributed by atoms with Gasteiger partial charge in [0.25, 0.3) is 0 Å². The van der Waals surface area contributed by atoms with Gasteiger partial charge in [0.1, 0.15) is 11.4 Å². The van der Waals surface area contributed by atoms with Gasteiger partial charge in [0, 0.05) is 6.04 Å². The highest BCUT2D eigenvalue weighted by molar-refractivity contribution is 9.09. The van der Waals surface area contributed by atoms with Gasteiger partial charge in [-0.05, 0) is 13.8 Å². The minimum absolute atomic E-state index is 0.153. The zero-order chi connectivity index (χ0) is 12.3. The normalized spacial score (nSPS) is 14.2. The third-order valence-corrected chi connectivity index (χ3v) is 2.64. The summed E-state index contributed by atoms with van der Waals surface area (Å²) in [7, 11) is 0. The van der Waals surface area contributed by atoms with E-state index in [4.69, 9.17) is 4.74 Å². The summed E-state index contributed by atoms with van der Waals surface area (Å²) in [5, 5.41) is 3.95. The first kappa shape index (κ1) is 13.3. The van der Waals surface area contributed by atoms with Crippen LogP contribution in [0.4, 0.5) is 13.2 Å². The predicted molar refractivity (Wildman–Crippen MR) is 56.9 cm³/mol. The summed E-state index contributed by atoms with van der Waals surface area (Å²) in [4.78, 5) is -1.66. The van der Waals surface area contributed by atoms with Crippen LogP contribution in [0.25, 0.3) is 0 Å². The second-order valence-electron chi connectivity index (χ2n) is 3.57. The Morgan fingerprint density at radius 2 is 2.12 bits per heavy atom. The van der Waals surface area contributed by atoms with Gasteiger partial charge in [-0.2, -0.15) is 18.3 Å². The Bertz CT molecular complexity index is 338. The minimum atomic E-state index is -4.30. The molecular formula is C9H12BrF3N2O. The molecule has 0 amide bonds. The van der Waals surface area contributed by atoms with Gasteiger partial charge in [0.05, 0.1) is 12.4 Å². The number of hydrogen-bond acceptors (Lipinski definition) is 2. The highest BCUT2D eigenvalue weighted by Gasteiger charge is 2.38. The molecule has 7 heteroatoms. The van der Waals surface area contributed by atoms with Gasteiger partial charge in [0.15, 0.2) is 5.75 Å². The van der Waals surface area contributed by atoms with Crippen LogP contribution in [0.2, 0.25) is 0 Å². The summed E-state index contributed by atoms with van der Waals surface area (Å²) in [5.74, 6) is 0.336. The molecule has 0 radical (unpaired) electrons. The van der Waals surface area contributed by atoms with Crippen LogP contribution in [0, 0.1) is 0 Å². The third-order valence-electron chi connectivity index (χ3n) is 1.86. The fourth-order valence-corrected chi connectivity index (χ4v) is 1.07. The second-order valence-corrected chi connectivity index (χ2v) is 4.68. The fourth-order valence-electron chi connectivity index (χ4n) is 0.941. The largest absolute Gasteiger partial charge is 0.489 e. The van der Waals surface area contributed by atoms with E-state index in [2.05, 4.69) is 21.0 Å². The molecule has 0 aliphatic carbocycles. The monoisotopic (exact) mass is 300 g/mol. The molecule has 1 rings (SSSR count). The molecule has 1 unspecified atom stereocenters. The molecule has 0 aromatic carbocycles. The number of rotatable bonds is 4. The fraction of sp³-hybridized carbons (Fsp3) is 0.667. The smallest absolute Gasteiger partial charge is 0.404 e. The average Bonchev–Trinajstić information content (AvgIpc) is 2.60. The van der Waals surface area contributed by atoms with Gasteiger partial charge >= 0.3 is 6.18 Å². The van der Waals surface area contributed by atoms with Crippen LogP contribution in [-0.2, 0) is 0 Å². The van der Waals surface area contributed by atoms with Gasteiger partial charge in [-0.25, -0.2) is 0 Å².